The van der Waals surface area contributed by atoms with E-state index in [9.17, 15) is 5.11 Å². The van der Waals surface area contributed by atoms with E-state index >= 15 is 0 Å². The molecule has 0 aliphatic heterocycles. The van der Waals surface area contributed by atoms with Crippen molar-refractivity contribution >= 4 is 0 Å². The Bertz CT molecular complexity index is 341. The van der Waals surface area contributed by atoms with Crippen LogP contribution in [0.3, 0.4) is 0 Å². The van der Waals surface area contributed by atoms with E-state index in [-0.39, 0.29) is 0 Å². The Morgan fingerprint density at radius 1 is 1.41 bits per heavy atom. The van der Waals surface area contributed by atoms with Crippen molar-refractivity contribution in [2.24, 2.45) is 5.73 Å². The van der Waals surface area contributed by atoms with Crippen LogP contribution in [0.2, 0.25) is 0 Å². The van der Waals surface area contributed by atoms with E-state index in [0.717, 1.165) is 12.0 Å². The Labute approximate surface area is 104 Å². The van der Waals surface area contributed by atoms with Gasteiger partial charge in [0.1, 0.15) is 0 Å². The lowest BCUT2D eigenvalue weighted by Gasteiger charge is -2.27. The van der Waals surface area contributed by atoms with Crippen LogP contribution < -0.4 is 5.73 Å². The molecule has 0 fully saturated rings. The van der Waals surface area contributed by atoms with Crippen LogP contribution in [0.4, 0.5) is 0 Å². The summed E-state index contributed by atoms with van der Waals surface area (Å²) in [6.07, 6.45) is 2.10. The molecule has 1 unspecified atom stereocenters. The van der Waals surface area contributed by atoms with Gasteiger partial charge in [-0.25, -0.2) is 0 Å². The number of benzene rings is 1. The lowest BCUT2D eigenvalue weighted by molar-refractivity contribution is -0.0375. The van der Waals surface area contributed by atoms with Crippen LogP contribution in [-0.2, 0) is 11.2 Å². The van der Waals surface area contributed by atoms with Crippen LogP contribution in [-0.4, -0.2) is 31.0 Å². The Morgan fingerprint density at radius 3 is 2.76 bits per heavy atom. The van der Waals surface area contributed by atoms with Gasteiger partial charge in [0.2, 0.25) is 0 Å². The van der Waals surface area contributed by atoms with Gasteiger partial charge in [0.05, 0.1) is 12.2 Å². The van der Waals surface area contributed by atoms with Gasteiger partial charge >= 0.3 is 0 Å². The molecule has 96 valence electrons. The zero-order valence-electron chi connectivity index (χ0n) is 10.8. The van der Waals surface area contributed by atoms with Gasteiger partial charge in [-0.3, -0.25) is 0 Å². The van der Waals surface area contributed by atoms with Crippen molar-refractivity contribution in [2.75, 3.05) is 20.3 Å². The lowest BCUT2D eigenvalue weighted by Crippen LogP contribution is -2.37. The molecule has 0 aliphatic carbocycles. The summed E-state index contributed by atoms with van der Waals surface area (Å²) in [6, 6.07) is 8.21. The summed E-state index contributed by atoms with van der Waals surface area (Å²) in [4.78, 5) is 0. The number of aliphatic hydroxyl groups is 1. The predicted molar refractivity (Wildman–Crippen MR) is 70.0 cm³/mol. The molecule has 1 rings (SSSR count). The molecule has 3 heteroatoms. The molecule has 0 saturated carbocycles. The van der Waals surface area contributed by atoms with Crippen molar-refractivity contribution in [1.29, 1.82) is 0 Å². The highest BCUT2D eigenvalue weighted by atomic mass is 16.5. The van der Waals surface area contributed by atoms with Crippen LogP contribution in [0.15, 0.2) is 24.3 Å². The highest BCUT2D eigenvalue weighted by Crippen LogP contribution is 2.20. The van der Waals surface area contributed by atoms with Crippen LogP contribution in [0.25, 0.3) is 0 Å². The van der Waals surface area contributed by atoms with E-state index in [2.05, 4.69) is 19.1 Å². The van der Waals surface area contributed by atoms with Gasteiger partial charge in [0.15, 0.2) is 0 Å². The third kappa shape index (κ3) is 4.86. The summed E-state index contributed by atoms with van der Waals surface area (Å²) in [5, 5.41) is 10.5. The van der Waals surface area contributed by atoms with Gasteiger partial charge in [0.25, 0.3) is 0 Å². The fourth-order valence-electron chi connectivity index (χ4n) is 2.11. The molecule has 0 saturated heterocycles. The maximum atomic E-state index is 10.5. The zero-order chi connectivity index (χ0) is 12.7. The summed E-state index contributed by atoms with van der Waals surface area (Å²) in [5.74, 6) is 0. The number of methoxy groups -OCH3 is 1. The van der Waals surface area contributed by atoms with Crippen LogP contribution in [0, 0.1) is 6.92 Å². The zero-order valence-corrected chi connectivity index (χ0v) is 10.8. The number of hydrogen-bond acceptors (Lipinski definition) is 3. The Hall–Kier alpha value is -0.900. The molecule has 1 aromatic carbocycles. The quantitative estimate of drug-likeness (QED) is 0.758. The Kier molecular flexibility index (Phi) is 5.62. The molecule has 17 heavy (non-hydrogen) atoms. The predicted octanol–water partition coefficient (Wildman–Crippen LogP) is 1.65. The second-order valence-electron chi connectivity index (χ2n) is 4.72. The molecule has 0 aliphatic rings. The minimum absolute atomic E-state index is 0.348. The van der Waals surface area contributed by atoms with Gasteiger partial charge in [-0.05, 0) is 31.9 Å². The smallest absolute Gasteiger partial charge is 0.0920 e. The standard InChI is InChI=1S/C14H23NO2/c1-12-5-3-6-13(9-12)10-14(16,11-17-2)7-4-8-15/h3,5-6,9,16H,4,7-8,10-11,15H2,1-2H3. The second kappa shape index (κ2) is 6.74. The molecular weight excluding hydrogens is 214 g/mol. The highest BCUT2D eigenvalue weighted by Gasteiger charge is 2.26. The van der Waals surface area contributed by atoms with E-state index < -0.39 is 5.60 Å². The first kappa shape index (κ1) is 14.2. The number of nitrogens with two attached hydrogens (primary N) is 1. The van der Waals surface area contributed by atoms with Crippen molar-refractivity contribution in [2.45, 2.75) is 31.8 Å². The summed E-state index contributed by atoms with van der Waals surface area (Å²) >= 11 is 0. The minimum atomic E-state index is -0.804. The summed E-state index contributed by atoms with van der Waals surface area (Å²) in [6.45, 7) is 3.00. The van der Waals surface area contributed by atoms with E-state index in [1.807, 2.05) is 12.1 Å². The molecular formula is C14H23NO2. The van der Waals surface area contributed by atoms with E-state index in [1.54, 1.807) is 7.11 Å². The topological polar surface area (TPSA) is 55.5 Å². The van der Waals surface area contributed by atoms with Gasteiger partial charge in [0, 0.05) is 13.5 Å². The van der Waals surface area contributed by atoms with E-state index in [0.29, 0.717) is 26.0 Å². The van der Waals surface area contributed by atoms with Crippen molar-refractivity contribution in [3.8, 4) is 0 Å². The normalized spacial score (nSPS) is 14.6. The summed E-state index contributed by atoms with van der Waals surface area (Å²) in [5.41, 5.74) is 7.04. The maximum absolute atomic E-state index is 10.5. The molecule has 0 spiro atoms. The number of hydrogen-bond donors (Lipinski definition) is 2. The Balaban J connectivity index is 2.71. The minimum Gasteiger partial charge on any atom is -0.387 e. The van der Waals surface area contributed by atoms with Crippen molar-refractivity contribution in [3.63, 3.8) is 0 Å². The molecule has 0 amide bonds. The molecule has 0 bridgehead atoms. The van der Waals surface area contributed by atoms with E-state index in [4.69, 9.17) is 10.5 Å². The molecule has 3 nitrogen and oxygen atoms in total. The fourth-order valence-corrected chi connectivity index (χ4v) is 2.11. The van der Waals surface area contributed by atoms with Gasteiger partial charge in [-0.15, -0.1) is 0 Å². The lowest BCUT2D eigenvalue weighted by atomic mass is 9.90. The van der Waals surface area contributed by atoms with Crippen molar-refractivity contribution in [3.05, 3.63) is 35.4 Å². The number of aryl methyl sites for hydroxylation is 1. The first-order valence-electron chi connectivity index (χ1n) is 6.06. The van der Waals surface area contributed by atoms with Crippen molar-refractivity contribution in [1.82, 2.24) is 0 Å². The fraction of sp³-hybridized carbons (Fsp3) is 0.571. The molecule has 0 aromatic heterocycles. The number of rotatable bonds is 7. The summed E-state index contributed by atoms with van der Waals surface area (Å²) in [7, 11) is 1.61. The SMILES string of the molecule is COCC(O)(CCCN)Cc1cccc(C)c1. The van der Waals surface area contributed by atoms with Crippen molar-refractivity contribution < 1.29 is 9.84 Å². The summed E-state index contributed by atoms with van der Waals surface area (Å²) < 4.78 is 5.12. The molecule has 0 heterocycles. The van der Waals surface area contributed by atoms with Crippen LogP contribution >= 0.6 is 0 Å². The first-order chi connectivity index (χ1) is 8.09. The highest BCUT2D eigenvalue weighted by molar-refractivity contribution is 5.23. The third-order valence-corrected chi connectivity index (χ3v) is 2.87. The van der Waals surface area contributed by atoms with E-state index in [1.165, 1.54) is 5.56 Å². The average molecular weight is 237 g/mol. The monoisotopic (exact) mass is 237 g/mol. The second-order valence-corrected chi connectivity index (χ2v) is 4.72. The van der Waals surface area contributed by atoms with Crippen LogP contribution in [0.5, 0.6) is 0 Å². The largest absolute Gasteiger partial charge is 0.387 e. The average Bonchev–Trinajstić information content (AvgIpc) is 2.27. The molecule has 1 atom stereocenters. The molecule has 0 radical (unpaired) electrons. The third-order valence-electron chi connectivity index (χ3n) is 2.87. The first-order valence-corrected chi connectivity index (χ1v) is 6.06. The Morgan fingerprint density at radius 2 is 2.18 bits per heavy atom. The molecule has 1 aromatic rings. The van der Waals surface area contributed by atoms with Crippen LogP contribution in [0.1, 0.15) is 24.0 Å². The molecule has 3 N–H and O–H groups in total. The van der Waals surface area contributed by atoms with Gasteiger partial charge < -0.3 is 15.6 Å². The maximum Gasteiger partial charge on any atom is 0.0920 e. The van der Waals surface area contributed by atoms with Gasteiger partial charge in [-0.2, -0.15) is 0 Å². The van der Waals surface area contributed by atoms with Gasteiger partial charge in [-0.1, -0.05) is 29.8 Å². The number of ether oxygens (including phenoxy) is 1.